The SMILES string of the molecule is O=C(CSC1CCS(=O)(=O)C1)N1CCCC1Cc1ccccc1. The van der Waals surface area contributed by atoms with E-state index < -0.39 is 9.84 Å². The lowest BCUT2D eigenvalue weighted by atomic mass is 10.0. The first-order chi connectivity index (χ1) is 11.0. The average Bonchev–Trinajstić information content (AvgIpc) is 3.12. The molecule has 3 rings (SSSR count). The Balaban J connectivity index is 1.52. The van der Waals surface area contributed by atoms with Gasteiger partial charge in [-0.2, -0.15) is 0 Å². The van der Waals surface area contributed by atoms with E-state index in [1.165, 1.54) is 17.3 Å². The number of thioether (sulfide) groups is 1. The highest BCUT2D eigenvalue weighted by molar-refractivity contribution is 8.02. The van der Waals surface area contributed by atoms with E-state index in [0.717, 1.165) is 25.8 Å². The molecule has 2 aliphatic rings. The lowest BCUT2D eigenvalue weighted by Crippen LogP contribution is -2.38. The standard InChI is InChI=1S/C17H23NO3S2/c19-17(12-22-16-8-10-23(20,21)13-16)18-9-4-7-15(18)11-14-5-2-1-3-6-14/h1-3,5-6,15-16H,4,7-13H2. The van der Waals surface area contributed by atoms with Gasteiger partial charge >= 0.3 is 0 Å². The Morgan fingerprint density at radius 1 is 1.22 bits per heavy atom. The maximum Gasteiger partial charge on any atom is 0.232 e. The number of benzene rings is 1. The second-order valence-corrected chi connectivity index (χ2v) is 9.93. The highest BCUT2D eigenvalue weighted by Gasteiger charge is 2.32. The van der Waals surface area contributed by atoms with Gasteiger partial charge < -0.3 is 4.90 Å². The van der Waals surface area contributed by atoms with Gasteiger partial charge in [-0.1, -0.05) is 30.3 Å². The Kier molecular flexibility index (Phi) is 5.31. The van der Waals surface area contributed by atoms with Gasteiger partial charge in [0.2, 0.25) is 5.91 Å². The molecule has 1 amide bonds. The molecule has 2 fully saturated rings. The fourth-order valence-corrected chi connectivity index (χ4v) is 6.95. The Labute approximate surface area is 142 Å². The number of rotatable bonds is 5. The van der Waals surface area contributed by atoms with Gasteiger partial charge in [-0.25, -0.2) is 8.42 Å². The zero-order valence-corrected chi connectivity index (χ0v) is 14.8. The number of likely N-dealkylation sites (tertiary alicyclic amines) is 1. The van der Waals surface area contributed by atoms with Gasteiger partial charge in [0.15, 0.2) is 9.84 Å². The minimum atomic E-state index is -2.86. The Morgan fingerprint density at radius 2 is 2.00 bits per heavy atom. The van der Waals surface area contributed by atoms with Crippen molar-refractivity contribution in [3.05, 3.63) is 35.9 Å². The Morgan fingerprint density at radius 3 is 2.70 bits per heavy atom. The van der Waals surface area contributed by atoms with Crippen molar-refractivity contribution in [1.29, 1.82) is 0 Å². The first-order valence-electron chi connectivity index (χ1n) is 8.19. The summed E-state index contributed by atoms with van der Waals surface area (Å²) in [5, 5.41) is 0.0964. The van der Waals surface area contributed by atoms with Crippen molar-refractivity contribution in [3.8, 4) is 0 Å². The fraction of sp³-hybridized carbons (Fsp3) is 0.588. The average molecular weight is 354 g/mol. The van der Waals surface area contributed by atoms with Gasteiger partial charge in [-0.05, 0) is 31.2 Å². The fourth-order valence-electron chi connectivity index (χ4n) is 3.43. The molecule has 2 atom stereocenters. The summed E-state index contributed by atoms with van der Waals surface area (Å²) in [6, 6.07) is 10.6. The third-order valence-electron chi connectivity index (χ3n) is 4.64. The molecular formula is C17H23NO3S2. The zero-order chi connectivity index (χ0) is 16.3. The molecule has 0 spiro atoms. The number of nitrogens with zero attached hydrogens (tertiary/aromatic N) is 1. The highest BCUT2D eigenvalue weighted by atomic mass is 32.2. The van der Waals surface area contributed by atoms with Gasteiger partial charge in [0.1, 0.15) is 0 Å². The predicted octanol–water partition coefficient (Wildman–Crippen LogP) is 2.14. The summed E-state index contributed by atoms with van der Waals surface area (Å²) >= 11 is 1.52. The third-order valence-corrected chi connectivity index (χ3v) is 7.91. The number of hydrogen-bond donors (Lipinski definition) is 0. The summed E-state index contributed by atoms with van der Waals surface area (Å²) in [6.07, 6.45) is 3.72. The van der Waals surface area contributed by atoms with Crippen LogP contribution in [0.25, 0.3) is 0 Å². The molecule has 2 unspecified atom stereocenters. The lowest BCUT2D eigenvalue weighted by Gasteiger charge is -2.25. The molecule has 2 aliphatic heterocycles. The quantitative estimate of drug-likeness (QED) is 0.814. The van der Waals surface area contributed by atoms with E-state index in [9.17, 15) is 13.2 Å². The first kappa shape index (κ1) is 16.8. The summed E-state index contributed by atoms with van der Waals surface area (Å²) in [4.78, 5) is 14.5. The Hall–Kier alpha value is -1.01. The maximum absolute atomic E-state index is 12.5. The predicted molar refractivity (Wildman–Crippen MR) is 94.4 cm³/mol. The monoisotopic (exact) mass is 353 g/mol. The van der Waals surface area contributed by atoms with E-state index in [2.05, 4.69) is 12.1 Å². The van der Waals surface area contributed by atoms with E-state index in [1.54, 1.807) is 0 Å². The molecule has 2 heterocycles. The van der Waals surface area contributed by atoms with E-state index in [0.29, 0.717) is 12.2 Å². The number of sulfone groups is 1. The van der Waals surface area contributed by atoms with E-state index in [-0.39, 0.29) is 28.7 Å². The third kappa shape index (κ3) is 4.51. The van der Waals surface area contributed by atoms with Crippen LogP contribution < -0.4 is 0 Å². The molecule has 23 heavy (non-hydrogen) atoms. The maximum atomic E-state index is 12.5. The van der Waals surface area contributed by atoms with E-state index in [1.807, 2.05) is 23.1 Å². The number of hydrogen-bond acceptors (Lipinski definition) is 4. The molecule has 0 bridgehead atoms. The topological polar surface area (TPSA) is 54.5 Å². The van der Waals surface area contributed by atoms with Crippen LogP contribution in [0, 0.1) is 0 Å². The lowest BCUT2D eigenvalue weighted by molar-refractivity contribution is -0.129. The molecule has 1 aromatic rings. The zero-order valence-electron chi connectivity index (χ0n) is 13.2. The van der Waals surface area contributed by atoms with Crippen LogP contribution in [0.3, 0.4) is 0 Å². The molecule has 0 radical (unpaired) electrons. The molecular weight excluding hydrogens is 330 g/mol. The van der Waals surface area contributed by atoms with Gasteiger partial charge in [0.05, 0.1) is 17.3 Å². The van der Waals surface area contributed by atoms with Crippen molar-refractivity contribution in [2.24, 2.45) is 0 Å². The molecule has 6 heteroatoms. The van der Waals surface area contributed by atoms with Crippen molar-refractivity contribution in [2.45, 2.75) is 37.0 Å². The normalized spacial score (nSPS) is 26.5. The largest absolute Gasteiger partial charge is 0.339 e. The van der Waals surface area contributed by atoms with Crippen LogP contribution in [-0.4, -0.2) is 54.3 Å². The van der Waals surface area contributed by atoms with Crippen molar-refractivity contribution < 1.29 is 13.2 Å². The second kappa shape index (κ2) is 7.26. The highest BCUT2D eigenvalue weighted by Crippen LogP contribution is 2.27. The molecule has 2 saturated heterocycles. The smallest absolute Gasteiger partial charge is 0.232 e. The minimum Gasteiger partial charge on any atom is -0.339 e. The van der Waals surface area contributed by atoms with Crippen LogP contribution >= 0.6 is 11.8 Å². The molecule has 0 aliphatic carbocycles. The first-order valence-corrected chi connectivity index (χ1v) is 11.1. The van der Waals surface area contributed by atoms with Crippen LogP contribution in [0.2, 0.25) is 0 Å². The van der Waals surface area contributed by atoms with Crippen LogP contribution in [0.4, 0.5) is 0 Å². The van der Waals surface area contributed by atoms with Gasteiger partial charge in [0.25, 0.3) is 0 Å². The molecule has 0 saturated carbocycles. The summed E-state index contributed by atoms with van der Waals surface area (Å²) in [6.45, 7) is 0.833. The van der Waals surface area contributed by atoms with Crippen molar-refractivity contribution in [2.75, 3.05) is 23.8 Å². The van der Waals surface area contributed by atoms with Crippen LogP contribution in [0.1, 0.15) is 24.8 Å². The molecule has 4 nitrogen and oxygen atoms in total. The van der Waals surface area contributed by atoms with Gasteiger partial charge in [0, 0.05) is 17.8 Å². The van der Waals surface area contributed by atoms with Crippen LogP contribution in [0.5, 0.6) is 0 Å². The summed E-state index contributed by atoms with van der Waals surface area (Å²) in [5.41, 5.74) is 1.27. The van der Waals surface area contributed by atoms with Gasteiger partial charge in [-0.3, -0.25) is 4.79 Å². The summed E-state index contributed by atoms with van der Waals surface area (Å²) in [5.74, 6) is 1.08. The van der Waals surface area contributed by atoms with Crippen molar-refractivity contribution >= 4 is 27.5 Å². The number of carbonyl (C=O) groups is 1. The van der Waals surface area contributed by atoms with E-state index in [4.69, 9.17) is 0 Å². The van der Waals surface area contributed by atoms with Crippen molar-refractivity contribution in [3.63, 3.8) is 0 Å². The van der Waals surface area contributed by atoms with Crippen molar-refractivity contribution in [1.82, 2.24) is 4.90 Å². The molecule has 0 N–H and O–H groups in total. The minimum absolute atomic E-state index is 0.0964. The molecule has 126 valence electrons. The van der Waals surface area contributed by atoms with Gasteiger partial charge in [-0.15, -0.1) is 11.8 Å². The number of amides is 1. The summed E-state index contributed by atoms with van der Waals surface area (Å²) < 4.78 is 23.0. The number of carbonyl (C=O) groups excluding carboxylic acids is 1. The Bertz CT molecular complexity index is 645. The molecule has 0 aromatic heterocycles. The van der Waals surface area contributed by atoms with Crippen LogP contribution in [-0.2, 0) is 21.1 Å². The second-order valence-electron chi connectivity index (χ2n) is 6.41. The summed E-state index contributed by atoms with van der Waals surface area (Å²) in [7, 11) is -2.86. The molecule has 1 aromatic carbocycles. The van der Waals surface area contributed by atoms with E-state index >= 15 is 0 Å². The van der Waals surface area contributed by atoms with Crippen LogP contribution in [0.15, 0.2) is 30.3 Å².